The van der Waals surface area contributed by atoms with E-state index in [2.05, 4.69) is 4.99 Å². The molecule has 0 bridgehead atoms. The Hall–Kier alpha value is -2.45. The lowest BCUT2D eigenvalue weighted by atomic mass is 10.2. The molecule has 27 heavy (non-hydrogen) atoms. The molecule has 0 fully saturated rings. The van der Waals surface area contributed by atoms with Gasteiger partial charge in [0, 0.05) is 12.0 Å². The molecule has 0 radical (unpaired) electrons. The fourth-order valence-corrected chi connectivity index (χ4v) is 4.61. The van der Waals surface area contributed by atoms with Gasteiger partial charge in [-0.2, -0.15) is 0 Å². The van der Waals surface area contributed by atoms with E-state index in [0.717, 1.165) is 11.8 Å². The van der Waals surface area contributed by atoms with Gasteiger partial charge < -0.3 is 0 Å². The van der Waals surface area contributed by atoms with Crippen molar-refractivity contribution in [2.45, 2.75) is 0 Å². The van der Waals surface area contributed by atoms with Crippen LogP contribution in [0, 0.1) is 5.82 Å². The molecule has 140 valence electrons. The average Bonchev–Trinajstić information content (AvgIpc) is 2.91. The van der Waals surface area contributed by atoms with E-state index in [9.17, 15) is 17.6 Å². The molecule has 1 aliphatic heterocycles. The van der Waals surface area contributed by atoms with E-state index in [1.807, 2.05) is 30.3 Å². The molecule has 0 unspecified atom stereocenters. The third kappa shape index (κ3) is 5.05. The van der Waals surface area contributed by atoms with E-state index in [0.29, 0.717) is 10.9 Å². The Bertz CT molecular complexity index is 1000. The molecular formula is C19H17FN2O3S2. The highest BCUT2D eigenvalue weighted by molar-refractivity contribution is 8.14. The van der Waals surface area contributed by atoms with Crippen LogP contribution in [0.2, 0.25) is 0 Å². The maximum Gasteiger partial charge on any atom is 0.283 e. The molecule has 1 aliphatic rings. The van der Waals surface area contributed by atoms with Crippen molar-refractivity contribution in [3.8, 4) is 0 Å². The van der Waals surface area contributed by atoms with Crippen molar-refractivity contribution in [3.63, 3.8) is 0 Å². The van der Waals surface area contributed by atoms with Gasteiger partial charge in [0.1, 0.15) is 21.4 Å². The van der Waals surface area contributed by atoms with E-state index >= 15 is 0 Å². The van der Waals surface area contributed by atoms with Gasteiger partial charge in [-0.3, -0.25) is 9.69 Å². The third-order valence-corrected chi connectivity index (χ3v) is 5.85. The summed E-state index contributed by atoms with van der Waals surface area (Å²) in [4.78, 5) is 18.7. The molecule has 3 rings (SSSR count). The predicted molar refractivity (Wildman–Crippen MR) is 108 cm³/mol. The summed E-state index contributed by atoms with van der Waals surface area (Å²) >= 11 is 1.18. The second kappa shape index (κ2) is 8.06. The van der Waals surface area contributed by atoms with E-state index in [1.165, 1.54) is 40.9 Å². The van der Waals surface area contributed by atoms with E-state index in [4.69, 9.17) is 0 Å². The summed E-state index contributed by atoms with van der Waals surface area (Å²) in [5, 5.41) is 0.373. The lowest BCUT2D eigenvalue weighted by Gasteiger charge is -2.17. The lowest BCUT2D eigenvalue weighted by Crippen LogP contribution is -2.30. The summed E-state index contributed by atoms with van der Waals surface area (Å²) in [6.45, 7) is 0. The first kappa shape index (κ1) is 19.3. The zero-order valence-corrected chi connectivity index (χ0v) is 16.1. The van der Waals surface area contributed by atoms with Crippen LogP contribution >= 0.6 is 11.8 Å². The summed E-state index contributed by atoms with van der Waals surface area (Å²) in [6, 6.07) is 14.8. The molecular weight excluding hydrogens is 387 g/mol. The second-order valence-corrected chi connectivity index (χ2v) is 9.25. The minimum absolute atomic E-state index is 0.0279. The number of hydrogen-bond acceptors (Lipinski definition) is 5. The van der Waals surface area contributed by atoms with Crippen molar-refractivity contribution in [1.82, 2.24) is 0 Å². The van der Waals surface area contributed by atoms with Gasteiger partial charge >= 0.3 is 0 Å². The normalized spacial score (nSPS) is 16.1. The number of thioether (sulfide) groups is 1. The molecule has 5 nitrogen and oxygen atoms in total. The molecule has 0 atom stereocenters. The molecule has 1 amide bonds. The molecule has 2 aromatic rings. The molecule has 2 aromatic carbocycles. The third-order valence-electron chi connectivity index (χ3n) is 3.70. The number of amides is 1. The van der Waals surface area contributed by atoms with Crippen LogP contribution in [0.1, 0.15) is 5.56 Å². The Morgan fingerprint density at radius 2 is 1.78 bits per heavy atom. The van der Waals surface area contributed by atoms with Crippen LogP contribution in [-0.2, 0) is 14.6 Å². The number of rotatable bonds is 5. The highest BCUT2D eigenvalue weighted by Crippen LogP contribution is 2.29. The van der Waals surface area contributed by atoms with Gasteiger partial charge in [-0.05, 0) is 35.9 Å². The molecule has 0 spiro atoms. The minimum atomic E-state index is -3.12. The standard InChI is InChI=1S/C19H17FN2O3S2/c1-27(24,25)12-11-26-19-21-17(13-14-5-3-2-4-6-14)18(23)22(19)16-9-7-15(20)8-10-16/h2-10,13H,11-12H2,1H3/b17-13+. The van der Waals surface area contributed by atoms with Crippen LogP contribution < -0.4 is 4.90 Å². The maximum atomic E-state index is 13.2. The number of carbonyl (C=O) groups excluding carboxylic acids is 1. The van der Waals surface area contributed by atoms with E-state index in [-0.39, 0.29) is 23.1 Å². The number of carbonyl (C=O) groups is 1. The van der Waals surface area contributed by atoms with E-state index < -0.39 is 15.7 Å². The van der Waals surface area contributed by atoms with Gasteiger partial charge in [0.2, 0.25) is 0 Å². The first-order chi connectivity index (χ1) is 12.8. The van der Waals surface area contributed by atoms with Gasteiger partial charge in [0.15, 0.2) is 5.17 Å². The zero-order chi connectivity index (χ0) is 19.4. The van der Waals surface area contributed by atoms with Crippen LogP contribution in [0.3, 0.4) is 0 Å². The zero-order valence-electron chi connectivity index (χ0n) is 14.5. The lowest BCUT2D eigenvalue weighted by molar-refractivity contribution is -0.113. The fourth-order valence-electron chi connectivity index (χ4n) is 2.40. The van der Waals surface area contributed by atoms with Crippen molar-refractivity contribution in [2.24, 2.45) is 4.99 Å². The first-order valence-electron chi connectivity index (χ1n) is 8.09. The van der Waals surface area contributed by atoms with Crippen molar-refractivity contribution in [2.75, 3.05) is 22.7 Å². The highest BCUT2D eigenvalue weighted by atomic mass is 32.2. The summed E-state index contributed by atoms with van der Waals surface area (Å²) in [5.41, 5.74) is 1.54. The Kier molecular flexibility index (Phi) is 5.76. The largest absolute Gasteiger partial charge is 0.283 e. The van der Waals surface area contributed by atoms with Gasteiger partial charge in [0.05, 0.1) is 11.4 Å². The number of nitrogens with zero attached hydrogens (tertiary/aromatic N) is 2. The summed E-state index contributed by atoms with van der Waals surface area (Å²) in [5.74, 6) is -0.512. The summed E-state index contributed by atoms with van der Waals surface area (Å²) in [6.07, 6.45) is 2.83. The number of anilines is 1. The van der Waals surface area contributed by atoms with Gasteiger partial charge in [-0.25, -0.2) is 17.8 Å². The van der Waals surface area contributed by atoms with Gasteiger partial charge in [-0.15, -0.1) is 0 Å². The Morgan fingerprint density at radius 3 is 2.41 bits per heavy atom. The quantitative estimate of drug-likeness (QED) is 0.717. The number of benzene rings is 2. The smallest absolute Gasteiger partial charge is 0.266 e. The fraction of sp³-hybridized carbons (Fsp3) is 0.158. The summed E-state index contributed by atoms with van der Waals surface area (Å²) in [7, 11) is -3.12. The number of halogens is 1. The van der Waals surface area contributed by atoms with Crippen LogP contribution in [0.4, 0.5) is 10.1 Å². The van der Waals surface area contributed by atoms with Crippen LogP contribution in [0.25, 0.3) is 6.08 Å². The van der Waals surface area contributed by atoms with Gasteiger partial charge in [0.25, 0.3) is 5.91 Å². The van der Waals surface area contributed by atoms with Crippen molar-refractivity contribution < 1.29 is 17.6 Å². The molecule has 0 saturated heterocycles. The topological polar surface area (TPSA) is 66.8 Å². The molecule has 0 aromatic heterocycles. The number of sulfone groups is 1. The van der Waals surface area contributed by atoms with Crippen LogP contribution in [-0.4, -0.2) is 37.3 Å². The number of amidine groups is 1. The highest BCUT2D eigenvalue weighted by Gasteiger charge is 2.32. The first-order valence-corrected chi connectivity index (χ1v) is 11.1. The Morgan fingerprint density at radius 1 is 1.11 bits per heavy atom. The van der Waals surface area contributed by atoms with Crippen molar-refractivity contribution in [1.29, 1.82) is 0 Å². The Balaban J connectivity index is 1.92. The monoisotopic (exact) mass is 404 g/mol. The number of aliphatic imine (C=N–C) groups is 1. The van der Waals surface area contributed by atoms with Crippen LogP contribution in [0.5, 0.6) is 0 Å². The minimum Gasteiger partial charge on any atom is -0.266 e. The van der Waals surface area contributed by atoms with E-state index in [1.54, 1.807) is 6.08 Å². The molecule has 0 saturated carbocycles. The predicted octanol–water partition coefficient (Wildman–Crippen LogP) is 3.35. The van der Waals surface area contributed by atoms with Gasteiger partial charge in [-0.1, -0.05) is 42.1 Å². The molecule has 0 aliphatic carbocycles. The maximum absolute atomic E-state index is 13.2. The molecule has 1 heterocycles. The average molecular weight is 404 g/mol. The number of hydrogen-bond donors (Lipinski definition) is 0. The molecule has 8 heteroatoms. The van der Waals surface area contributed by atoms with Crippen LogP contribution in [0.15, 0.2) is 65.3 Å². The summed E-state index contributed by atoms with van der Waals surface area (Å²) < 4.78 is 36.0. The second-order valence-electron chi connectivity index (χ2n) is 5.93. The van der Waals surface area contributed by atoms with Crippen molar-refractivity contribution >= 4 is 44.4 Å². The molecule has 0 N–H and O–H groups in total. The Labute approximate surface area is 161 Å². The SMILES string of the molecule is CS(=O)(=O)CCSC1=N/C(=C/c2ccccc2)C(=O)N1c1ccc(F)cc1. The van der Waals surface area contributed by atoms with Crippen molar-refractivity contribution in [3.05, 3.63) is 71.7 Å².